The van der Waals surface area contributed by atoms with Crippen LogP contribution in [0.25, 0.3) is 0 Å². The first-order chi connectivity index (χ1) is 10.3. The van der Waals surface area contributed by atoms with Gasteiger partial charge in [0.25, 0.3) is 0 Å². The second-order valence-electron chi connectivity index (χ2n) is 5.25. The molecule has 116 valence electrons. The zero-order chi connectivity index (χ0) is 14.7. The van der Waals surface area contributed by atoms with Gasteiger partial charge in [0, 0.05) is 38.3 Å². The predicted molar refractivity (Wildman–Crippen MR) is 84.7 cm³/mol. The Morgan fingerprint density at radius 1 is 1.29 bits per heavy atom. The molecule has 21 heavy (non-hydrogen) atoms. The van der Waals surface area contributed by atoms with Crippen molar-refractivity contribution in [2.45, 2.75) is 6.42 Å². The van der Waals surface area contributed by atoms with Crippen LogP contribution in [-0.2, 0) is 6.42 Å². The maximum absolute atomic E-state index is 5.70. The molecule has 1 saturated heterocycles. The van der Waals surface area contributed by atoms with E-state index in [1.807, 2.05) is 0 Å². The van der Waals surface area contributed by atoms with Crippen LogP contribution < -0.4 is 19.5 Å². The molecule has 1 aromatic carbocycles. The summed E-state index contributed by atoms with van der Waals surface area (Å²) in [4.78, 5) is 2.47. The summed E-state index contributed by atoms with van der Waals surface area (Å²) < 4.78 is 17.8. The number of piperazine rings is 1. The van der Waals surface area contributed by atoms with Gasteiger partial charge in [-0.1, -0.05) is 0 Å². The van der Waals surface area contributed by atoms with E-state index in [2.05, 4.69) is 32.2 Å². The summed E-state index contributed by atoms with van der Waals surface area (Å²) in [5, 5.41) is 3.38. The van der Waals surface area contributed by atoms with Gasteiger partial charge >= 0.3 is 0 Å². The van der Waals surface area contributed by atoms with Gasteiger partial charge in [-0.25, -0.2) is 0 Å². The Morgan fingerprint density at radius 3 is 2.81 bits per heavy atom. The largest absolute Gasteiger partial charge is 0.495 e. The molecule has 2 aliphatic heterocycles. The van der Waals surface area contributed by atoms with E-state index in [1.54, 1.807) is 7.11 Å². The summed E-state index contributed by atoms with van der Waals surface area (Å²) in [6.45, 7) is 6.56. The fourth-order valence-electron chi connectivity index (χ4n) is 2.80. The number of hydrogen-bond donors (Lipinski definition) is 1. The summed E-state index contributed by atoms with van der Waals surface area (Å²) >= 11 is 3.59. The molecule has 0 atom stereocenters. The highest BCUT2D eigenvalue weighted by molar-refractivity contribution is 9.10. The second-order valence-corrected chi connectivity index (χ2v) is 6.04. The molecular weight excluding hydrogens is 336 g/mol. The Labute approximate surface area is 133 Å². The summed E-state index contributed by atoms with van der Waals surface area (Å²) in [6, 6.07) is 2.06. The highest BCUT2D eigenvalue weighted by Gasteiger charge is 2.22. The Morgan fingerprint density at radius 2 is 2.05 bits per heavy atom. The molecule has 1 aromatic rings. The van der Waals surface area contributed by atoms with Crippen molar-refractivity contribution in [1.29, 1.82) is 0 Å². The van der Waals surface area contributed by atoms with E-state index >= 15 is 0 Å². The average molecular weight is 357 g/mol. The maximum Gasteiger partial charge on any atom is 0.179 e. The van der Waals surface area contributed by atoms with Gasteiger partial charge in [-0.15, -0.1) is 0 Å². The van der Waals surface area contributed by atoms with Gasteiger partial charge in [0.05, 0.1) is 7.11 Å². The summed E-state index contributed by atoms with van der Waals surface area (Å²) in [5.41, 5.74) is 1.16. The Bertz CT molecular complexity index is 504. The molecule has 1 N–H and O–H groups in total. The van der Waals surface area contributed by atoms with Crippen molar-refractivity contribution in [3.05, 3.63) is 16.1 Å². The monoisotopic (exact) mass is 356 g/mol. The standard InChI is InChI=1S/C15H21BrN2O3/c1-19-14-11(2-5-18-6-3-17-4-7-18)10-12-15(13(14)16)21-9-8-20-12/h10,17H,2-9H2,1H3. The van der Waals surface area contributed by atoms with E-state index < -0.39 is 0 Å². The fraction of sp³-hybridized carbons (Fsp3) is 0.600. The molecule has 2 heterocycles. The zero-order valence-electron chi connectivity index (χ0n) is 12.3. The van der Waals surface area contributed by atoms with Crippen LogP contribution in [0, 0.1) is 0 Å². The van der Waals surface area contributed by atoms with Crippen LogP contribution in [0.15, 0.2) is 10.5 Å². The first-order valence-corrected chi connectivity index (χ1v) is 8.17. The van der Waals surface area contributed by atoms with Crippen LogP contribution >= 0.6 is 15.9 Å². The molecule has 1 fully saturated rings. The summed E-state index contributed by atoms with van der Waals surface area (Å²) in [7, 11) is 1.70. The van der Waals surface area contributed by atoms with Crippen molar-refractivity contribution >= 4 is 15.9 Å². The quantitative estimate of drug-likeness (QED) is 0.888. The van der Waals surface area contributed by atoms with Gasteiger partial charge in [0.2, 0.25) is 0 Å². The van der Waals surface area contributed by atoms with Crippen LogP contribution in [0.5, 0.6) is 17.2 Å². The zero-order valence-corrected chi connectivity index (χ0v) is 13.9. The van der Waals surface area contributed by atoms with Crippen LogP contribution in [0.3, 0.4) is 0 Å². The lowest BCUT2D eigenvalue weighted by Gasteiger charge is -2.28. The molecule has 0 unspecified atom stereocenters. The average Bonchev–Trinajstić information content (AvgIpc) is 2.54. The smallest absolute Gasteiger partial charge is 0.179 e. The molecule has 6 heteroatoms. The number of fused-ring (bicyclic) bond motifs is 1. The normalized spacial score (nSPS) is 18.6. The lowest BCUT2D eigenvalue weighted by molar-refractivity contribution is 0.169. The van der Waals surface area contributed by atoms with Crippen LogP contribution in [0.4, 0.5) is 0 Å². The number of benzene rings is 1. The molecule has 0 bridgehead atoms. The minimum absolute atomic E-state index is 0.578. The Kier molecular flexibility index (Phi) is 4.87. The number of ether oxygens (including phenoxy) is 3. The summed E-state index contributed by atoms with van der Waals surface area (Å²) in [5.74, 6) is 2.42. The third-order valence-electron chi connectivity index (χ3n) is 3.92. The minimum Gasteiger partial charge on any atom is -0.495 e. The van der Waals surface area contributed by atoms with Gasteiger partial charge in [-0.05, 0) is 28.4 Å². The topological polar surface area (TPSA) is 43.0 Å². The molecular formula is C15H21BrN2O3. The number of methoxy groups -OCH3 is 1. The van der Waals surface area contributed by atoms with Gasteiger partial charge in [-0.3, -0.25) is 0 Å². The number of halogens is 1. The second kappa shape index (κ2) is 6.85. The third kappa shape index (κ3) is 3.27. The van der Waals surface area contributed by atoms with Gasteiger partial charge in [0.1, 0.15) is 23.4 Å². The third-order valence-corrected chi connectivity index (χ3v) is 4.64. The van der Waals surface area contributed by atoms with Gasteiger partial charge in [0.15, 0.2) is 11.5 Å². The number of nitrogens with zero attached hydrogens (tertiary/aromatic N) is 1. The van der Waals surface area contributed by atoms with E-state index in [0.29, 0.717) is 13.2 Å². The van der Waals surface area contributed by atoms with Gasteiger partial charge in [-0.2, -0.15) is 0 Å². The first-order valence-electron chi connectivity index (χ1n) is 7.37. The van der Waals surface area contributed by atoms with Crippen molar-refractivity contribution < 1.29 is 14.2 Å². The van der Waals surface area contributed by atoms with E-state index in [0.717, 1.165) is 66.4 Å². The van der Waals surface area contributed by atoms with Gasteiger partial charge < -0.3 is 24.4 Å². The number of nitrogens with one attached hydrogen (secondary N) is 1. The Balaban J connectivity index is 1.78. The van der Waals surface area contributed by atoms with Crippen LogP contribution in [0.1, 0.15) is 5.56 Å². The van der Waals surface area contributed by atoms with E-state index in [1.165, 1.54) is 0 Å². The van der Waals surface area contributed by atoms with Crippen molar-refractivity contribution in [2.24, 2.45) is 0 Å². The molecule has 2 aliphatic rings. The van der Waals surface area contributed by atoms with Crippen LogP contribution in [-0.4, -0.2) is 57.9 Å². The van der Waals surface area contributed by atoms with Crippen LogP contribution in [0.2, 0.25) is 0 Å². The molecule has 0 spiro atoms. The molecule has 0 aromatic heterocycles. The lowest BCUT2D eigenvalue weighted by atomic mass is 10.1. The van der Waals surface area contributed by atoms with E-state index in [4.69, 9.17) is 14.2 Å². The minimum atomic E-state index is 0.578. The summed E-state index contributed by atoms with van der Waals surface area (Å²) in [6.07, 6.45) is 0.943. The van der Waals surface area contributed by atoms with Crippen molar-refractivity contribution in [3.63, 3.8) is 0 Å². The molecule has 0 radical (unpaired) electrons. The fourth-order valence-corrected chi connectivity index (χ4v) is 3.52. The maximum atomic E-state index is 5.70. The SMILES string of the molecule is COc1c(CCN2CCNCC2)cc2c(c1Br)OCCO2. The highest BCUT2D eigenvalue weighted by atomic mass is 79.9. The van der Waals surface area contributed by atoms with Crippen molar-refractivity contribution in [1.82, 2.24) is 10.2 Å². The number of rotatable bonds is 4. The molecule has 0 aliphatic carbocycles. The molecule has 0 amide bonds. The highest BCUT2D eigenvalue weighted by Crippen LogP contribution is 2.45. The molecule has 0 saturated carbocycles. The first kappa shape index (κ1) is 14.9. The lowest BCUT2D eigenvalue weighted by Crippen LogP contribution is -2.44. The van der Waals surface area contributed by atoms with Crippen molar-refractivity contribution in [2.75, 3.05) is 53.0 Å². The van der Waals surface area contributed by atoms with E-state index in [-0.39, 0.29) is 0 Å². The Hall–Kier alpha value is -0.980. The predicted octanol–water partition coefficient (Wildman–Crippen LogP) is 1.68. The number of hydrogen-bond acceptors (Lipinski definition) is 5. The van der Waals surface area contributed by atoms with Crippen molar-refractivity contribution in [3.8, 4) is 17.2 Å². The molecule has 3 rings (SSSR count). The van der Waals surface area contributed by atoms with E-state index in [9.17, 15) is 0 Å². The molecule has 5 nitrogen and oxygen atoms in total.